The van der Waals surface area contributed by atoms with Gasteiger partial charge in [0.1, 0.15) is 0 Å². The van der Waals surface area contributed by atoms with Gasteiger partial charge in [0.2, 0.25) is 0 Å². The van der Waals surface area contributed by atoms with Crippen molar-refractivity contribution in [2.45, 2.75) is 20.3 Å². The third-order valence-electron chi connectivity index (χ3n) is 2.00. The lowest BCUT2D eigenvalue weighted by Gasteiger charge is -2.13. The Kier molecular flexibility index (Phi) is 6.01. The number of halogens is 1. The highest BCUT2D eigenvalue weighted by Crippen LogP contribution is 2.32. The molecule has 0 bridgehead atoms. The summed E-state index contributed by atoms with van der Waals surface area (Å²) < 4.78 is 11.3. The van der Waals surface area contributed by atoms with Gasteiger partial charge in [-0.25, -0.2) is 0 Å². The number of benzene rings is 1. The molecule has 0 N–H and O–H groups in total. The standard InChI is InChI=1S/C13H17BrO2/c1-3-10-16-13-11(8-9-14)6-5-7-12(13)15-4-2/h5-9H,3-4,10H2,1-2H3/b9-8+. The minimum atomic E-state index is 0.643. The zero-order valence-corrected chi connectivity index (χ0v) is 11.3. The van der Waals surface area contributed by atoms with Gasteiger partial charge in [-0.2, -0.15) is 0 Å². The van der Waals surface area contributed by atoms with Crippen molar-refractivity contribution in [2.24, 2.45) is 0 Å². The molecule has 0 aromatic heterocycles. The van der Waals surface area contributed by atoms with E-state index in [1.807, 2.05) is 36.2 Å². The van der Waals surface area contributed by atoms with Crippen LogP contribution < -0.4 is 9.47 Å². The molecule has 1 rings (SSSR count). The van der Waals surface area contributed by atoms with Crippen molar-refractivity contribution in [3.05, 3.63) is 28.7 Å². The van der Waals surface area contributed by atoms with Crippen molar-refractivity contribution in [3.8, 4) is 11.5 Å². The molecule has 0 unspecified atom stereocenters. The third kappa shape index (κ3) is 3.56. The summed E-state index contributed by atoms with van der Waals surface area (Å²) in [5.74, 6) is 1.63. The van der Waals surface area contributed by atoms with Crippen molar-refractivity contribution in [1.29, 1.82) is 0 Å². The molecule has 0 heterocycles. The molecule has 2 nitrogen and oxygen atoms in total. The molecule has 0 amide bonds. The minimum Gasteiger partial charge on any atom is -0.490 e. The predicted molar refractivity (Wildman–Crippen MR) is 71.4 cm³/mol. The topological polar surface area (TPSA) is 18.5 Å². The van der Waals surface area contributed by atoms with Crippen molar-refractivity contribution in [2.75, 3.05) is 13.2 Å². The van der Waals surface area contributed by atoms with Gasteiger partial charge in [-0.15, -0.1) is 0 Å². The zero-order chi connectivity index (χ0) is 11.8. The van der Waals surface area contributed by atoms with Crippen LogP contribution in [0.4, 0.5) is 0 Å². The van der Waals surface area contributed by atoms with Crippen molar-refractivity contribution in [3.63, 3.8) is 0 Å². The molecule has 0 fully saturated rings. The third-order valence-corrected chi connectivity index (χ3v) is 2.27. The van der Waals surface area contributed by atoms with Crippen LogP contribution in [0.25, 0.3) is 6.08 Å². The van der Waals surface area contributed by atoms with Crippen molar-refractivity contribution >= 4 is 22.0 Å². The second-order valence-corrected chi connectivity index (χ2v) is 3.78. The van der Waals surface area contributed by atoms with Crippen molar-refractivity contribution in [1.82, 2.24) is 0 Å². The van der Waals surface area contributed by atoms with E-state index in [2.05, 4.69) is 22.9 Å². The molecule has 0 aliphatic heterocycles. The summed E-state index contributed by atoms with van der Waals surface area (Å²) in [4.78, 5) is 1.82. The Labute approximate surface area is 105 Å². The lowest BCUT2D eigenvalue weighted by atomic mass is 10.2. The molecule has 0 saturated heterocycles. The van der Waals surface area contributed by atoms with E-state index in [0.29, 0.717) is 13.2 Å². The molecule has 0 atom stereocenters. The van der Waals surface area contributed by atoms with Gasteiger partial charge in [0.25, 0.3) is 0 Å². The minimum absolute atomic E-state index is 0.643. The maximum absolute atomic E-state index is 5.73. The van der Waals surface area contributed by atoms with Crippen LogP contribution in [-0.2, 0) is 0 Å². The molecule has 1 aromatic rings. The molecule has 0 aliphatic carbocycles. The van der Waals surface area contributed by atoms with E-state index in [0.717, 1.165) is 23.5 Å². The summed E-state index contributed by atoms with van der Waals surface area (Å²) in [5.41, 5.74) is 1.02. The molecule has 1 aromatic carbocycles. The van der Waals surface area contributed by atoms with Gasteiger partial charge >= 0.3 is 0 Å². The van der Waals surface area contributed by atoms with Gasteiger partial charge in [0, 0.05) is 5.56 Å². The van der Waals surface area contributed by atoms with E-state index < -0.39 is 0 Å². The highest BCUT2D eigenvalue weighted by Gasteiger charge is 2.08. The van der Waals surface area contributed by atoms with E-state index >= 15 is 0 Å². The van der Waals surface area contributed by atoms with Crippen LogP contribution in [0, 0.1) is 0 Å². The van der Waals surface area contributed by atoms with Gasteiger partial charge < -0.3 is 9.47 Å². The first-order valence-corrected chi connectivity index (χ1v) is 6.40. The molecule has 0 spiro atoms. The summed E-state index contributed by atoms with van der Waals surface area (Å²) in [5, 5.41) is 0. The fraction of sp³-hybridized carbons (Fsp3) is 0.385. The first-order valence-electron chi connectivity index (χ1n) is 5.48. The lowest BCUT2D eigenvalue weighted by Crippen LogP contribution is -2.01. The number of para-hydroxylation sites is 1. The SMILES string of the molecule is CCCOc1c(/C=C/Br)cccc1OCC. The summed E-state index contributed by atoms with van der Waals surface area (Å²) in [7, 11) is 0. The number of rotatable bonds is 6. The quantitative estimate of drug-likeness (QED) is 0.778. The number of ether oxygens (including phenoxy) is 2. The summed E-state index contributed by atoms with van der Waals surface area (Å²) >= 11 is 3.28. The maximum atomic E-state index is 5.73. The van der Waals surface area contributed by atoms with Gasteiger partial charge in [0.15, 0.2) is 11.5 Å². The van der Waals surface area contributed by atoms with E-state index in [4.69, 9.17) is 9.47 Å². The summed E-state index contributed by atoms with van der Waals surface area (Å²) in [6, 6.07) is 5.90. The number of hydrogen-bond donors (Lipinski definition) is 0. The van der Waals surface area contributed by atoms with Gasteiger partial charge in [-0.05, 0) is 30.5 Å². The molecule has 88 valence electrons. The van der Waals surface area contributed by atoms with E-state index in [1.165, 1.54) is 0 Å². The van der Waals surface area contributed by atoms with Crippen LogP contribution in [0.15, 0.2) is 23.2 Å². The summed E-state index contributed by atoms with van der Waals surface area (Å²) in [6.07, 6.45) is 2.94. The van der Waals surface area contributed by atoms with Crippen molar-refractivity contribution < 1.29 is 9.47 Å². The Morgan fingerprint density at radius 3 is 2.69 bits per heavy atom. The monoisotopic (exact) mass is 284 g/mol. The van der Waals surface area contributed by atoms with E-state index in [9.17, 15) is 0 Å². The first-order chi connectivity index (χ1) is 7.83. The van der Waals surface area contributed by atoms with Crippen LogP contribution in [0.2, 0.25) is 0 Å². The second kappa shape index (κ2) is 7.34. The Balaban J connectivity index is 3.01. The van der Waals surface area contributed by atoms with Crippen LogP contribution in [-0.4, -0.2) is 13.2 Å². The summed E-state index contributed by atoms with van der Waals surface area (Å²) in [6.45, 7) is 5.40. The molecular formula is C13H17BrO2. The Hall–Kier alpha value is -0.960. The second-order valence-electron chi connectivity index (χ2n) is 3.25. The van der Waals surface area contributed by atoms with Crippen LogP contribution in [0.5, 0.6) is 11.5 Å². The Morgan fingerprint density at radius 1 is 1.25 bits per heavy atom. The molecular weight excluding hydrogens is 268 g/mol. The van der Waals surface area contributed by atoms with Crippen LogP contribution >= 0.6 is 15.9 Å². The molecule has 3 heteroatoms. The normalized spacial score (nSPS) is 10.7. The smallest absolute Gasteiger partial charge is 0.168 e. The molecule has 0 aliphatic rings. The van der Waals surface area contributed by atoms with E-state index in [-0.39, 0.29) is 0 Å². The van der Waals surface area contributed by atoms with Crippen LogP contribution in [0.1, 0.15) is 25.8 Å². The van der Waals surface area contributed by atoms with Gasteiger partial charge in [-0.1, -0.05) is 35.0 Å². The highest BCUT2D eigenvalue weighted by atomic mass is 79.9. The van der Waals surface area contributed by atoms with E-state index in [1.54, 1.807) is 0 Å². The lowest BCUT2D eigenvalue weighted by molar-refractivity contribution is 0.276. The van der Waals surface area contributed by atoms with Crippen LogP contribution in [0.3, 0.4) is 0 Å². The zero-order valence-electron chi connectivity index (χ0n) is 9.70. The average molecular weight is 285 g/mol. The first kappa shape index (κ1) is 13.1. The Bertz CT molecular complexity index is 348. The Morgan fingerprint density at radius 2 is 2.06 bits per heavy atom. The fourth-order valence-electron chi connectivity index (χ4n) is 1.36. The van der Waals surface area contributed by atoms with Gasteiger partial charge in [-0.3, -0.25) is 0 Å². The maximum Gasteiger partial charge on any atom is 0.168 e. The highest BCUT2D eigenvalue weighted by molar-refractivity contribution is 9.11. The molecule has 0 saturated carbocycles. The van der Waals surface area contributed by atoms with Gasteiger partial charge in [0.05, 0.1) is 13.2 Å². The molecule has 16 heavy (non-hydrogen) atoms. The molecule has 0 radical (unpaired) electrons. The largest absolute Gasteiger partial charge is 0.490 e. The fourth-order valence-corrected chi connectivity index (χ4v) is 1.64. The predicted octanol–water partition coefficient (Wildman–Crippen LogP) is 4.24. The number of hydrogen-bond acceptors (Lipinski definition) is 2. The average Bonchev–Trinajstić information content (AvgIpc) is 2.29.